The predicted octanol–water partition coefficient (Wildman–Crippen LogP) is 3.02. The van der Waals surface area contributed by atoms with Gasteiger partial charge in [-0.05, 0) is 42.9 Å². The van der Waals surface area contributed by atoms with E-state index in [1.807, 2.05) is 4.90 Å². The largest absolute Gasteiger partial charge is 0.396 e. The van der Waals surface area contributed by atoms with Crippen LogP contribution >= 0.6 is 0 Å². The van der Waals surface area contributed by atoms with Crippen LogP contribution in [0.5, 0.6) is 0 Å². The van der Waals surface area contributed by atoms with Crippen molar-refractivity contribution in [3.05, 3.63) is 0 Å². The van der Waals surface area contributed by atoms with E-state index < -0.39 is 0 Å². The van der Waals surface area contributed by atoms with Gasteiger partial charge in [-0.2, -0.15) is 0 Å². The van der Waals surface area contributed by atoms with E-state index >= 15 is 0 Å². The summed E-state index contributed by atoms with van der Waals surface area (Å²) in [7, 11) is 0. The number of amides is 2. The minimum atomic E-state index is 0.0192. The maximum absolute atomic E-state index is 12.5. The molecular weight excluding hydrogens is 304 g/mol. The second-order valence-electron chi connectivity index (χ2n) is 8.74. The van der Waals surface area contributed by atoms with Crippen molar-refractivity contribution in [2.24, 2.45) is 16.7 Å². The molecule has 5 nitrogen and oxygen atoms in total. The van der Waals surface area contributed by atoms with Gasteiger partial charge >= 0.3 is 6.03 Å². The quantitative estimate of drug-likeness (QED) is 0.827. The minimum absolute atomic E-state index is 0.0192. The fourth-order valence-corrected chi connectivity index (χ4v) is 4.15. The molecule has 0 radical (unpaired) electrons. The zero-order chi connectivity index (χ0) is 17.8. The molecule has 0 aromatic heterocycles. The Labute approximate surface area is 147 Å². The maximum atomic E-state index is 12.5. The second kappa shape index (κ2) is 8.05. The monoisotopic (exact) mass is 340 g/mol. The molecule has 0 bridgehead atoms. The average molecular weight is 341 g/mol. The van der Waals surface area contributed by atoms with Gasteiger partial charge in [-0.25, -0.2) is 4.79 Å². The summed E-state index contributed by atoms with van der Waals surface area (Å²) < 4.78 is 6.00. The van der Waals surface area contributed by atoms with Crippen molar-refractivity contribution in [2.75, 3.05) is 32.8 Å². The number of aliphatic hydroxyl groups is 1. The van der Waals surface area contributed by atoms with E-state index in [0.29, 0.717) is 12.5 Å². The summed E-state index contributed by atoms with van der Waals surface area (Å²) in [6.45, 7) is 12.0. The molecular formula is C19H36N2O3. The van der Waals surface area contributed by atoms with Crippen molar-refractivity contribution in [1.29, 1.82) is 0 Å². The Hall–Kier alpha value is -0.810. The van der Waals surface area contributed by atoms with E-state index in [0.717, 1.165) is 51.8 Å². The molecule has 2 amide bonds. The van der Waals surface area contributed by atoms with Crippen LogP contribution in [0.25, 0.3) is 0 Å². The average Bonchev–Trinajstić information content (AvgIpc) is 2.59. The van der Waals surface area contributed by atoms with E-state index in [9.17, 15) is 9.90 Å². The van der Waals surface area contributed by atoms with Crippen LogP contribution in [0.2, 0.25) is 0 Å². The summed E-state index contributed by atoms with van der Waals surface area (Å²) in [6.07, 6.45) is 5.16. The van der Waals surface area contributed by atoms with Gasteiger partial charge in [-0.15, -0.1) is 0 Å². The highest BCUT2D eigenvalue weighted by Gasteiger charge is 2.37. The molecule has 0 saturated carbocycles. The van der Waals surface area contributed by atoms with Gasteiger partial charge in [-0.3, -0.25) is 0 Å². The zero-order valence-electron chi connectivity index (χ0n) is 15.9. The molecule has 2 atom stereocenters. The van der Waals surface area contributed by atoms with E-state index in [1.165, 1.54) is 0 Å². The number of aliphatic hydroxyl groups excluding tert-OH is 1. The molecule has 0 aromatic rings. The molecule has 2 N–H and O–H groups in total. The first-order valence-electron chi connectivity index (χ1n) is 9.56. The van der Waals surface area contributed by atoms with Gasteiger partial charge in [-0.1, -0.05) is 27.7 Å². The molecule has 2 unspecified atom stereocenters. The molecule has 24 heavy (non-hydrogen) atoms. The normalized spacial score (nSPS) is 27.8. The Morgan fingerprint density at radius 3 is 2.54 bits per heavy atom. The third-order valence-electron chi connectivity index (χ3n) is 6.01. The highest BCUT2D eigenvalue weighted by molar-refractivity contribution is 5.74. The van der Waals surface area contributed by atoms with E-state index in [4.69, 9.17) is 4.74 Å². The minimum Gasteiger partial charge on any atom is -0.396 e. The predicted molar refractivity (Wildman–Crippen MR) is 95.9 cm³/mol. The highest BCUT2D eigenvalue weighted by atomic mass is 16.5. The molecule has 2 aliphatic rings. The number of ether oxygens (including phenoxy) is 1. The maximum Gasteiger partial charge on any atom is 0.317 e. The summed E-state index contributed by atoms with van der Waals surface area (Å²) in [4.78, 5) is 14.4. The number of rotatable bonds is 4. The van der Waals surface area contributed by atoms with Crippen molar-refractivity contribution in [2.45, 2.75) is 65.9 Å². The number of likely N-dealkylation sites (tertiary alicyclic amines) is 1. The fourth-order valence-electron chi connectivity index (χ4n) is 4.15. The molecule has 2 fully saturated rings. The molecule has 2 rings (SSSR count). The first-order chi connectivity index (χ1) is 11.3. The highest BCUT2D eigenvalue weighted by Crippen LogP contribution is 2.35. The van der Waals surface area contributed by atoms with E-state index in [1.54, 1.807) is 0 Å². The van der Waals surface area contributed by atoms with Crippen molar-refractivity contribution < 1.29 is 14.6 Å². The Balaban J connectivity index is 1.83. The molecule has 0 aliphatic carbocycles. The number of hydrogen-bond acceptors (Lipinski definition) is 3. The number of urea groups is 1. The number of carbonyl (C=O) groups is 1. The number of nitrogens with one attached hydrogen (secondary N) is 1. The molecule has 2 aliphatic heterocycles. The summed E-state index contributed by atoms with van der Waals surface area (Å²) in [6, 6.07) is 0.0378. The van der Waals surface area contributed by atoms with Crippen molar-refractivity contribution >= 4 is 6.03 Å². The van der Waals surface area contributed by atoms with Gasteiger partial charge in [0, 0.05) is 38.8 Å². The molecule has 140 valence electrons. The molecule has 2 saturated heterocycles. The first-order valence-corrected chi connectivity index (χ1v) is 9.56. The molecule has 5 heteroatoms. The van der Waals surface area contributed by atoms with Crippen LogP contribution in [0, 0.1) is 16.7 Å². The topological polar surface area (TPSA) is 61.8 Å². The third kappa shape index (κ3) is 4.63. The zero-order valence-corrected chi connectivity index (χ0v) is 15.9. The summed E-state index contributed by atoms with van der Waals surface area (Å²) in [5.41, 5.74) is 0.119. The summed E-state index contributed by atoms with van der Waals surface area (Å²) in [5, 5.41) is 12.7. The van der Waals surface area contributed by atoms with E-state index in [-0.39, 0.29) is 29.6 Å². The van der Waals surface area contributed by atoms with Crippen molar-refractivity contribution in [1.82, 2.24) is 10.2 Å². The fraction of sp³-hybridized carbons (Fsp3) is 0.947. The lowest BCUT2D eigenvalue weighted by molar-refractivity contribution is -0.0840. The van der Waals surface area contributed by atoms with Crippen molar-refractivity contribution in [3.63, 3.8) is 0 Å². The van der Waals surface area contributed by atoms with Crippen LogP contribution in [-0.4, -0.2) is 55.0 Å². The summed E-state index contributed by atoms with van der Waals surface area (Å²) in [5.74, 6) is 0.389. The molecule has 2 heterocycles. The first kappa shape index (κ1) is 19.5. The van der Waals surface area contributed by atoms with E-state index in [2.05, 4.69) is 33.0 Å². The Kier molecular flexibility index (Phi) is 6.54. The second-order valence-corrected chi connectivity index (χ2v) is 8.74. The Bertz CT molecular complexity index is 405. The number of nitrogens with zero attached hydrogens (tertiary/aromatic N) is 1. The SMILES string of the molecule is CCC1(CO)CCN(C(=O)NCC2CCCOC2C(C)(C)C)CC1. The van der Waals surface area contributed by atoms with Gasteiger partial charge in [0.05, 0.1) is 6.10 Å². The van der Waals surface area contributed by atoms with Gasteiger partial charge in [0.25, 0.3) is 0 Å². The number of piperidine rings is 1. The Morgan fingerprint density at radius 2 is 2.00 bits per heavy atom. The van der Waals surface area contributed by atoms with Crippen LogP contribution in [0.4, 0.5) is 4.79 Å². The Morgan fingerprint density at radius 1 is 1.33 bits per heavy atom. The summed E-state index contributed by atoms with van der Waals surface area (Å²) >= 11 is 0. The van der Waals surface area contributed by atoms with Crippen LogP contribution in [0.1, 0.15) is 59.8 Å². The lowest BCUT2D eigenvalue weighted by Gasteiger charge is -2.42. The molecule has 0 aromatic carbocycles. The van der Waals surface area contributed by atoms with Crippen LogP contribution in [-0.2, 0) is 4.74 Å². The lowest BCUT2D eigenvalue weighted by Crippen LogP contribution is -2.51. The van der Waals surface area contributed by atoms with Crippen LogP contribution in [0.15, 0.2) is 0 Å². The molecule has 0 spiro atoms. The third-order valence-corrected chi connectivity index (χ3v) is 6.01. The lowest BCUT2D eigenvalue weighted by atomic mass is 9.77. The van der Waals surface area contributed by atoms with Crippen LogP contribution < -0.4 is 5.32 Å². The van der Waals surface area contributed by atoms with Gasteiger partial charge < -0.3 is 20.1 Å². The van der Waals surface area contributed by atoms with Crippen molar-refractivity contribution in [3.8, 4) is 0 Å². The number of hydrogen-bond donors (Lipinski definition) is 2. The van der Waals surface area contributed by atoms with Crippen LogP contribution in [0.3, 0.4) is 0 Å². The number of carbonyl (C=O) groups excluding carboxylic acids is 1. The standard InChI is InChI=1S/C19H36N2O3/c1-5-19(14-22)8-10-21(11-9-19)17(23)20-13-15-7-6-12-24-16(15)18(2,3)4/h15-16,22H,5-14H2,1-4H3,(H,20,23). The van der Waals surface area contributed by atoms with Gasteiger partial charge in [0.15, 0.2) is 0 Å². The van der Waals surface area contributed by atoms with Gasteiger partial charge in [0.1, 0.15) is 0 Å². The van der Waals surface area contributed by atoms with Gasteiger partial charge in [0.2, 0.25) is 0 Å². The smallest absolute Gasteiger partial charge is 0.317 e.